The van der Waals surface area contributed by atoms with E-state index in [1.165, 1.54) is 0 Å². The first kappa shape index (κ1) is 13.0. The fourth-order valence-electron chi connectivity index (χ4n) is 1.61. The van der Waals surface area contributed by atoms with Gasteiger partial charge in [-0.05, 0) is 26.0 Å². The maximum absolute atomic E-state index is 11.8. The summed E-state index contributed by atoms with van der Waals surface area (Å²) in [5.41, 5.74) is 6.40. The topological polar surface area (TPSA) is 73.6 Å². The summed E-state index contributed by atoms with van der Waals surface area (Å²) in [6.07, 6.45) is -0.340. The van der Waals surface area contributed by atoms with Gasteiger partial charge in [-0.2, -0.15) is 0 Å². The monoisotopic (exact) mass is 250 g/mol. The summed E-state index contributed by atoms with van der Waals surface area (Å²) in [5, 5.41) is 2.77. The van der Waals surface area contributed by atoms with Crippen LogP contribution in [-0.2, 0) is 14.3 Å². The van der Waals surface area contributed by atoms with Crippen LogP contribution in [0.4, 0.5) is 5.69 Å². The molecule has 1 aromatic carbocycles. The van der Waals surface area contributed by atoms with Crippen LogP contribution in [0.15, 0.2) is 24.3 Å². The highest BCUT2D eigenvalue weighted by Crippen LogP contribution is 2.25. The van der Waals surface area contributed by atoms with Crippen LogP contribution in [0, 0.1) is 0 Å². The molecule has 1 aliphatic heterocycles. The third-order valence-corrected chi connectivity index (χ3v) is 2.62. The number of hydrogen-bond acceptors (Lipinski definition) is 4. The number of anilines is 1. The maximum Gasteiger partial charge on any atom is 0.243 e. The summed E-state index contributed by atoms with van der Waals surface area (Å²) in [4.78, 5) is 11.8. The Morgan fingerprint density at radius 2 is 2.06 bits per heavy atom. The van der Waals surface area contributed by atoms with Crippen molar-refractivity contribution >= 4 is 11.6 Å². The Kier molecular flexibility index (Phi) is 3.65. The molecule has 5 heteroatoms. The third-order valence-electron chi connectivity index (χ3n) is 2.62. The standard InChI is InChI=1S/C13H18N2O3/c1-13(2,14)12(16)15-10-5-3-4-9(8-10)11-17-6-7-18-11/h3-5,8,11H,6-7,14H2,1-2H3,(H,15,16). The molecule has 0 spiro atoms. The Balaban J connectivity index is 2.10. The highest BCUT2D eigenvalue weighted by atomic mass is 16.7. The predicted octanol–water partition coefficient (Wildman–Crippen LogP) is 1.41. The van der Waals surface area contributed by atoms with Gasteiger partial charge in [-0.25, -0.2) is 0 Å². The van der Waals surface area contributed by atoms with Crippen LogP contribution in [0.3, 0.4) is 0 Å². The van der Waals surface area contributed by atoms with E-state index in [1.54, 1.807) is 13.8 Å². The molecule has 0 aromatic heterocycles. The molecule has 0 aliphatic carbocycles. The van der Waals surface area contributed by atoms with Crippen molar-refractivity contribution in [2.24, 2.45) is 5.73 Å². The Hall–Kier alpha value is -1.43. The minimum Gasteiger partial charge on any atom is -0.346 e. The lowest BCUT2D eigenvalue weighted by Crippen LogP contribution is -2.45. The molecule has 1 heterocycles. The van der Waals surface area contributed by atoms with Gasteiger partial charge < -0.3 is 20.5 Å². The van der Waals surface area contributed by atoms with Crippen molar-refractivity contribution in [3.05, 3.63) is 29.8 Å². The van der Waals surface area contributed by atoms with Crippen LogP contribution in [-0.4, -0.2) is 24.7 Å². The molecule has 2 rings (SSSR count). The average Bonchev–Trinajstić information content (AvgIpc) is 2.81. The molecule has 5 nitrogen and oxygen atoms in total. The number of rotatable bonds is 3. The second-order valence-electron chi connectivity index (χ2n) is 4.87. The van der Waals surface area contributed by atoms with Crippen molar-refractivity contribution in [2.45, 2.75) is 25.7 Å². The minimum absolute atomic E-state index is 0.229. The van der Waals surface area contributed by atoms with Gasteiger partial charge in [0.25, 0.3) is 0 Å². The number of hydrogen-bond donors (Lipinski definition) is 2. The van der Waals surface area contributed by atoms with Crippen LogP contribution in [0.1, 0.15) is 25.7 Å². The van der Waals surface area contributed by atoms with Crippen LogP contribution in [0.25, 0.3) is 0 Å². The molecule has 18 heavy (non-hydrogen) atoms. The van der Waals surface area contributed by atoms with Crippen molar-refractivity contribution in [1.82, 2.24) is 0 Å². The third kappa shape index (κ3) is 3.07. The second-order valence-corrected chi connectivity index (χ2v) is 4.87. The summed E-state index contributed by atoms with van der Waals surface area (Å²) in [6, 6.07) is 7.39. The summed E-state index contributed by atoms with van der Waals surface area (Å²) in [7, 11) is 0. The lowest BCUT2D eigenvalue weighted by atomic mass is 10.1. The molecule has 0 atom stereocenters. The lowest BCUT2D eigenvalue weighted by Gasteiger charge is -2.18. The van der Waals surface area contributed by atoms with Crippen molar-refractivity contribution < 1.29 is 14.3 Å². The summed E-state index contributed by atoms with van der Waals surface area (Å²) < 4.78 is 10.8. The molecule has 1 aliphatic rings. The van der Waals surface area contributed by atoms with Crippen molar-refractivity contribution in [3.63, 3.8) is 0 Å². The van der Waals surface area contributed by atoms with Gasteiger partial charge in [0, 0.05) is 11.3 Å². The van der Waals surface area contributed by atoms with Gasteiger partial charge >= 0.3 is 0 Å². The van der Waals surface area contributed by atoms with Crippen LogP contribution < -0.4 is 11.1 Å². The Morgan fingerprint density at radius 1 is 1.39 bits per heavy atom. The second kappa shape index (κ2) is 5.06. The predicted molar refractivity (Wildman–Crippen MR) is 68.0 cm³/mol. The van der Waals surface area contributed by atoms with E-state index >= 15 is 0 Å². The first-order valence-electron chi connectivity index (χ1n) is 5.90. The molecule has 1 amide bonds. The summed E-state index contributed by atoms with van der Waals surface area (Å²) in [5.74, 6) is -0.229. The molecule has 1 aromatic rings. The molecule has 98 valence electrons. The zero-order valence-electron chi connectivity index (χ0n) is 10.6. The normalized spacial score (nSPS) is 16.8. The van der Waals surface area contributed by atoms with E-state index in [0.717, 1.165) is 5.56 Å². The number of nitrogens with one attached hydrogen (secondary N) is 1. The molecule has 1 fully saturated rings. The van der Waals surface area contributed by atoms with Crippen molar-refractivity contribution in [2.75, 3.05) is 18.5 Å². The largest absolute Gasteiger partial charge is 0.346 e. The Morgan fingerprint density at radius 3 is 2.67 bits per heavy atom. The maximum atomic E-state index is 11.8. The van der Waals surface area contributed by atoms with E-state index in [4.69, 9.17) is 15.2 Å². The molecule has 0 saturated carbocycles. The fraction of sp³-hybridized carbons (Fsp3) is 0.462. The van der Waals surface area contributed by atoms with Crippen LogP contribution in [0.5, 0.6) is 0 Å². The quantitative estimate of drug-likeness (QED) is 0.850. The van der Waals surface area contributed by atoms with Crippen LogP contribution >= 0.6 is 0 Å². The number of carbonyl (C=O) groups excluding carboxylic acids is 1. The number of nitrogens with two attached hydrogens (primary N) is 1. The van der Waals surface area contributed by atoms with Gasteiger partial charge in [-0.3, -0.25) is 4.79 Å². The van der Waals surface area contributed by atoms with Crippen molar-refractivity contribution in [3.8, 4) is 0 Å². The zero-order valence-corrected chi connectivity index (χ0v) is 10.6. The van der Waals surface area contributed by atoms with E-state index in [0.29, 0.717) is 18.9 Å². The minimum atomic E-state index is -0.906. The molecule has 0 unspecified atom stereocenters. The summed E-state index contributed by atoms with van der Waals surface area (Å²) >= 11 is 0. The van der Waals surface area contributed by atoms with Gasteiger partial charge in [0.05, 0.1) is 18.8 Å². The van der Waals surface area contributed by atoms with Gasteiger partial charge in [0.15, 0.2) is 6.29 Å². The first-order chi connectivity index (χ1) is 8.47. The Labute approximate surface area is 106 Å². The van der Waals surface area contributed by atoms with Gasteiger partial charge in [0.1, 0.15) is 0 Å². The fourth-order valence-corrected chi connectivity index (χ4v) is 1.61. The van der Waals surface area contributed by atoms with E-state index < -0.39 is 5.54 Å². The van der Waals surface area contributed by atoms with Gasteiger partial charge in [-0.15, -0.1) is 0 Å². The first-order valence-corrected chi connectivity index (χ1v) is 5.90. The number of carbonyl (C=O) groups is 1. The molecule has 3 N–H and O–H groups in total. The Bertz CT molecular complexity index is 434. The number of benzene rings is 1. The summed E-state index contributed by atoms with van der Waals surface area (Å²) in [6.45, 7) is 4.51. The van der Waals surface area contributed by atoms with Gasteiger partial charge in [-0.1, -0.05) is 12.1 Å². The van der Waals surface area contributed by atoms with E-state index in [2.05, 4.69) is 5.32 Å². The van der Waals surface area contributed by atoms with E-state index in [9.17, 15) is 4.79 Å². The van der Waals surface area contributed by atoms with Gasteiger partial charge in [0.2, 0.25) is 5.91 Å². The smallest absolute Gasteiger partial charge is 0.243 e. The zero-order chi connectivity index (χ0) is 13.2. The van der Waals surface area contributed by atoms with Crippen LogP contribution in [0.2, 0.25) is 0 Å². The van der Waals surface area contributed by atoms with Crippen molar-refractivity contribution in [1.29, 1.82) is 0 Å². The highest BCUT2D eigenvalue weighted by molar-refractivity contribution is 5.97. The number of amides is 1. The molecular weight excluding hydrogens is 232 g/mol. The number of ether oxygens (including phenoxy) is 2. The molecular formula is C13H18N2O3. The highest BCUT2D eigenvalue weighted by Gasteiger charge is 2.23. The van der Waals surface area contributed by atoms with E-state index in [-0.39, 0.29) is 12.2 Å². The lowest BCUT2D eigenvalue weighted by molar-refractivity contribution is -0.120. The van der Waals surface area contributed by atoms with E-state index in [1.807, 2.05) is 24.3 Å². The molecule has 0 radical (unpaired) electrons. The SMILES string of the molecule is CC(C)(N)C(=O)Nc1cccc(C2OCCO2)c1. The molecule has 0 bridgehead atoms. The average molecular weight is 250 g/mol. The molecule has 1 saturated heterocycles.